The molecule has 0 bridgehead atoms. The molecule has 0 aliphatic heterocycles. The number of phenols is 1. The summed E-state index contributed by atoms with van der Waals surface area (Å²) in [6.07, 6.45) is 9.09. The third-order valence-electron chi connectivity index (χ3n) is 6.97. The molecule has 2 aromatic carbocycles. The zero-order chi connectivity index (χ0) is 21.2. The molecule has 0 heterocycles. The van der Waals surface area contributed by atoms with Gasteiger partial charge in [0.25, 0.3) is 0 Å². The van der Waals surface area contributed by atoms with Gasteiger partial charge < -0.3 is 15.3 Å². The van der Waals surface area contributed by atoms with Crippen LogP contribution in [0.5, 0.6) is 5.75 Å². The molecule has 2 aromatic rings. The second-order valence-electron chi connectivity index (χ2n) is 8.69. The van der Waals surface area contributed by atoms with Crippen LogP contribution < -0.4 is 0 Å². The van der Waals surface area contributed by atoms with E-state index in [9.17, 15) is 15.3 Å². The first-order chi connectivity index (χ1) is 14.5. The van der Waals surface area contributed by atoms with Crippen molar-refractivity contribution in [2.45, 2.75) is 56.1 Å². The standard InChI is InChI=1S/C26H27ClO3/c27-15-14-25(30)12-13-26(11-1-2-19-3-5-20(18-28)6-4-19)22(17-25)8-7-21-16-23(29)9-10-24(21)26/h1-6,9-10,16,22,28-30H,7-8,11-13,17-18H2/t22-,25+,26-/m1/s1. The molecule has 4 rings (SSSR count). The molecule has 1 saturated carbocycles. The lowest BCUT2D eigenvalue weighted by Crippen LogP contribution is -2.49. The Morgan fingerprint density at radius 3 is 2.67 bits per heavy atom. The Bertz CT molecular complexity index is 1000. The van der Waals surface area contributed by atoms with Crippen LogP contribution in [0.1, 0.15) is 54.4 Å². The van der Waals surface area contributed by atoms with E-state index in [0.717, 1.165) is 36.8 Å². The van der Waals surface area contributed by atoms with Gasteiger partial charge in [0.05, 0.1) is 6.61 Å². The number of aryl methyl sites for hydroxylation is 1. The first-order valence-electron chi connectivity index (χ1n) is 10.5. The fourth-order valence-electron chi connectivity index (χ4n) is 5.39. The minimum Gasteiger partial charge on any atom is -0.508 e. The third kappa shape index (κ3) is 4.01. The highest BCUT2D eigenvalue weighted by Crippen LogP contribution is 2.55. The maximum absolute atomic E-state index is 10.9. The lowest BCUT2D eigenvalue weighted by Gasteiger charge is -2.52. The van der Waals surface area contributed by atoms with Crippen LogP contribution in [-0.4, -0.2) is 20.9 Å². The maximum Gasteiger partial charge on any atom is 0.127 e. The third-order valence-corrected chi connectivity index (χ3v) is 7.07. The molecule has 0 spiro atoms. The average molecular weight is 423 g/mol. The highest BCUT2D eigenvalue weighted by molar-refractivity contribution is 6.30. The number of hydrogen-bond acceptors (Lipinski definition) is 3. The van der Waals surface area contributed by atoms with Crippen LogP contribution in [0.25, 0.3) is 6.08 Å². The number of aliphatic hydroxyl groups is 2. The molecule has 156 valence electrons. The normalized spacial score (nSPS) is 27.8. The van der Waals surface area contributed by atoms with Gasteiger partial charge in [0, 0.05) is 10.8 Å². The Morgan fingerprint density at radius 2 is 1.93 bits per heavy atom. The minimum absolute atomic E-state index is 0.0481. The van der Waals surface area contributed by atoms with E-state index in [-0.39, 0.29) is 12.0 Å². The summed E-state index contributed by atoms with van der Waals surface area (Å²) in [5.41, 5.74) is 3.40. The predicted molar refractivity (Wildman–Crippen MR) is 120 cm³/mol. The quantitative estimate of drug-likeness (QED) is 0.614. The number of aromatic hydroxyl groups is 1. The molecular weight excluding hydrogens is 396 g/mol. The van der Waals surface area contributed by atoms with Crippen LogP contribution in [0.4, 0.5) is 0 Å². The Morgan fingerprint density at radius 1 is 1.13 bits per heavy atom. The van der Waals surface area contributed by atoms with Gasteiger partial charge in [-0.25, -0.2) is 0 Å². The number of halogens is 1. The van der Waals surface area contributed by atoms with E-state index < -0.39 is 5.60 Å². The molecule has 0 aromatic heterocycles. The lowest BCUT2D eigenvalue weighted by atomic mass is 9.53. The van der Waals surface area contributed by atoms with E-state index in [1.165, 1.54) is 11.1 Å². The number of phenolic OH excluding ortho intramolecular Hbond substituents is 1. The van der Waals surface area contributed by atoms with Gasteiger partial charge in [-0.3, -0.25) is 0 Å². The van der Waals surface area contributed by atoms with E-state index >= 15 is 0 Å². The fourth-order valence-corrected chi connectivity index (χ4v) is 5.57. The molecule has 3 nitrogen and oxygen atoms in total. The Balaban J connectivity index is 1.66. The maximum atomic E-state index is 10.9. The van der Waals surface area contributed by atoms with E-state index in [1.807, 2.05) is 30.3 Å². The second kappa shape index (κ2) is 8.47. The number of benzene rings is 2. The molecule has 2 aliphatic rings. The summed E-state index contributed by atoms with van der Waals surface area (Å²) in [6, 6.07) is 13.6. The van der Waals surface area contributed by atoms with E-state index in [0.29, 0.717) is 24.5 Å². The van der Waals surface area contributed by atoms with Crippen molar-refractivity contribution in [3.8, 4) is 17.0 Å². The summed E-state index contributed by atoms with van der Waals surface area (Å²) >= 11 is 5.63. The Hall–Kier alpha value is -2.25. The van der Waals surface area contributed by atoms with E-state index in [1.54, 1.807) is 6.07 Å². The first kappa shape index (κ1) is 21.0. The topological polar surface area (TPSA) is 60.7 Å². The van der Waals surface area contributed by atoms with Crippen molar-refractivity contribution < 1.29 is 15.3 Å². The predicted octanol–water partition coefficient (Wildman–Crippen LogP) is 4.90. The Kier molecular flexibility index (Phi) is 5.93. The number of allylic oxidation sites excluding steroid dienone is 1. The zero-order valence-corrected chi connectivity index (χ0v) is 17.7. The van der Waals surface area contributed by atoms with E-state index in [2.05, 4.69) is 29.5 Å². The van der Waals surface area contributed by atoms with Crippen LogP contribution in [0.3, 0.4) is 0 Å². The first-order valence-corrected chi connectivity index (χ1v) is 10.9. The molecule has 0 amide bonds. The molecule has 4 heteroatoms. The van der Waals surface area contributed by atoms with Crippen molar-refractivity contribution in [1.82, 2.24) is 0 Å². The molecule has 30 heavy (non-hydrogen) atoms. The zero-order valence-electron chi connectivity index (χ0n) is 16.9. The van der Waals surface area contributed by atoms with Gasteiger partial charge in [-0.05, 0) is 90.4 Å². The van der Waals surface area contributed by atoms with Crippen molar-refractivity contribution in [3.05, 3.63) is 70.8 Å². The van der Waals surface area contributed by atoms with Gasteiger partial charge in [-0.15, -0.1) is 0 Å². The number of rotatable bonds is 4. The SMILES string of the molecule is OCc1ccc(C=CC[C@@]23CC[C@](O)(C#CCl)C[C@H]2CCc2cc(O)ccc23)cc1. The summed E-state index contributed by atoms with van der Waals surface area (Å²) in [5.74, 6) is 3.44. The molecular formula is C26H27ClO3. The van der Waals surface area contributed by atoms with Crippen LogP contribution in [-0.2, 0) is 18.4 Å². The van der Waals surface area contributed by atoms with Gasteiger partial charge in [-0.1, -0.05) is 48.4 Å². The van der Waals surface area contributed by atoms with Gasteiger partial charge in [0.1, 0.15) is 11.4 Å². The van der Waals surface area contributed by atoms with Crippen LogP contribution >= 0.6 is 11.6 Å². The minimum atomic E-state index is -1.02. The summed E-state index contributed by atoms with van der Waals surface area (Å²) in [4.78, 5) is 0. The fraction of sp³-hybridized carbons (Fsp3) is 0.385. The molecule has 0 unspecified atom stereocenters. The van der Waals surface area contributed by atoms with Gasteiger partial charge in [-0.2, -0.15) is 0 Å². The van der Waals surface area contributed by atoms with Crippen molar-refractivity contribution in [2.24, 2.45) is 5.92 Å². The lowest BCUT2D eigenvalue weighted by molar-refractivity contribution is -0.00710. The number of fused-ring (bicyclic) bond motifs is 3. The molecule has 0 saturated heterocycles. The van der Waals surface area contributed by atoms with Gasteiger partial charge in [0.15, 0.2) is 0 Å². The van der Waals surface area contributed by atoms with Crippen molar-refractivity contribution >= 4 is 17.7 Å². The molecule has 0 radical (unpaired) electrons. The van der Waals surface area contributed by atoms with Crippen LogP contribution in [0, 0.1) is 17.2 Å². The van der Waals surface area contributed by atoms with Crippen LogP contribution in [0.2, 0.25) is 0 Å². The average Bonchev–Trinajstić information content (AvgIpc) is 2.74. The summed E-state index contributed by atoms with van der Waals surface area (Å²) in [6.45, 7) is 0.0481. The van der Waals surface area contributed by atoms with Crippen molar-refractivity contribution in [2.75, 3.05) is 0 Å². The number of aliphatic hydroxyl groups excluding tert-OH is 1. The second-order valence-corrected chi connectivity index (χ2v) is 8.88. The van der Waals surface area contributed by atoms with Gasteiger partial charge in [0.2, 0.25) is 0 Å². The number of hydrogen-bond donors (Lipinski definition) is 3. The van der Waals surface area contributed by atoms with Crippen molar-refractivity contribution in [1.29, 1.82) is 0 Å². The Labute approximate surface area is 183 Å². The van der Waals surface area contributed by atoms with E-state index in [4.69, 9.17) is 11.6 Å². The smallest absolute Gasteiger partial charge is 0.127 e. The summed E-state index contributed by atoms with van der Waals surface area (Å²) in [5, 5.41) is 32.5. The van der Waals surface area contributed by atoms with Crippen molar-refractivity contribution in [3.63, 3.8) is 0 Å². The molecule has 3 N–H and O–H groups in total. The highest BCUT2D eigenvalue weighted by Gasteiger charge is 2.50. The van der Waals surface area contributed by atoms with Gasteiger partial charge >= 0.3 is 0 Å². The molecule has 1 fully saturated rings. The summed E-state index contributed by atoms with van der Waals surface area (Å²) < 4.78 is 0. The monoisotopic (exact) mass is 422 g/mol. The summed E-state index contributed by atoms with van der Waals surface area (Å²) in [7, 11) is 0. The largest absolute Gasteiger partial charge is 0.508 e. The molecule has 2 aliphatic carbocycles. The van der Waals surface area contributed by atoms with Crippen LogP contribution in [0.15, 0.2) is 48.5 Å². The highest BCUT2D eigenvalue weighted by atomic mass is 35.5. The molecule has 3 atom stereocenters.